The first-order chi connectivity index (χ1) is 10.4. The Bertz CT molecular complexity index is 575. The van der Waals surface area contributed by atoms with Crippen molar-refractivity contribution in [2.75, 3.05) is 20.7 Å². The van der Waals surface area contributed by atoms with Crippen molar-refractivity contribution in [3.8, 4) is 5.75 Å². The quantitative estimate of drug-likeness (QED) is 0.661. The minimum Gasteiger partial charge on any atom is -0.490 e. The fraction of sp³-hybridized carbons (Fsp3) is 0.533. The zero-order valence-electron chi connectivity index (χ0n) is 12.7. The molecule has 7 heteroatoms. The van der Waals surface area contributed by atoms with Gasteiger partial charge in [-0.2, -0.15) is 0 Å². The summed E-state index contributed by atoms with van der Waals surface area (Å²) in [5.74, 6) is -0.109. The predicted octanol–water partition coefficient (Wildman–Crippen LogP) is 1.84. The fourth-order valence-corrected chi connectivity index (χ4v) is 2.85. The average Bonchev–Trinajstić information content (AvgIpc) is 2.90. The number of rotatable bonds is 5. The van der Waals surface area contributed by atoms with Crippen molar-refractivity contribution in [3.63, 3.8) is 0 Å². The van der Waals surface area contributed by atoms with E-state index in [0.29, 0.717) is 6.54 Å². The smallest absolute Gasteiger partial charge is 0.311 e. The molecular formula is C15H20N2O5. The number of aliphatic hydroxyl groups excluding tert-OH is 1. The van der Waals surface area contributed by atoms with Gasteiger partial charge in [0.2, 0.25) is 0 Å². The number of carbonyl (C=O) groups excluding carboxylic acids is 1. The number of ether oxygens (including phenoxy) is 1. The number of aliphatic hydroxyl groups is 1. The highest BCUT2D eigenvalue weighted by Gasteiger charge is 2.28. The molecule has 2 atom stereocenters. The first-order valence-electron chi connectivity index (χ1n) is 7.20. The van der Waals surface area contributed by atoms with Crippen LogP contribution in [0.25, 0.3) is 0 Å². The molecule has 1 N–H and O–H groups in total. The third-order valence-corrected chi connectivity index (χ3v) is 4.10. The predicted molar refractivity (Wildman–Crippen MR) is 80.0 cm³/mol. The Balaban J connectivity index is 2.14. The molecule has 0 unspecified atom stereocenters. The highest BCUT2D eigenvalue weighted by Crippen LogP contribution is 2.29. The number of benzene rings is 1. The number of nitro benzene ring substituents is 1. The molecule has 0 aliphatic heterocycles. The topological polar surface area (TPSA) is 92.9 Å². The molecular weight excluding hydrogens is 288 g/mol. The minimum atomic E-state index is -0.573. The lowest BCUT2D eigenvalue weighted by Gasteiger charge is -2.23. The van der Waals surface area contributed by atoms with Gasteiger partial charge in [0.15, 0.2) is 5.75 Å². The van der Waals surface area contributed by atoms with Crippen molar-refractivity contribution in [2.45, 2.75) is 25.4 Å². The van der Waals surface area contributed by atoms with Crippen LogP contribution in [-0.4, -0.2) is 47.6 Å². The molecule has 0 spiro atoms. The van der Waals surface area contributed by atoms with Crippen LogP contribution in [0.2, 0.25) is 0 Å². The van der Waals surface area contributed by atoms with Crippen LogP contribution in [0.5, 0.6) is 5.75 Å². The van der Waals surface area contributed by atoms with E-state index < -0.39 is 4.92 Å². The van der Waals surface area contributed by atoms with Gasteiger partial charge in [-0.15, -0.1) is 0 Å². The molecule has 1 fully saturated rings. The molecule has 0 bridgehead atoms. The molecule has 1 aromatic rings. The molecule has 1 saturated carbocycles. The minimum absolute atomic E-state index is 0.0715. The van der Waals surface area contributed by atoms with Crippen molar-refractivity contribution < 1.29 is 19.6 Å². The molecule has 0 aromatic heterocycles. The second-order valence-corrected chi connectivity index (χ2v) is 5.59. The van der Waals surface area contributed by atoms with Gasteiger partial charge in [-0.3, -0.25) is 14.9 Å². The second kappa shape index (κ2) is 6.74. The Labute approximate surface area is 128 Å². The third-order valence-electron chi connectivity index (χ3n) is 4.10. The van der Waals surface area contributed by atoms with E-state index in [0.717, 1.165) is 19.3 Å². The van der Waals surface area contributed by atoms with Gasteiger partial charge in [-0.1, -0.05) is 6.42 Å². The number of nitrogens with zero attached hydrogens (tertiary/aromatic N) is 2. The van der Waals surface area contributed by atoms with Crippen LogP contribution in [0.4, 0.5) is 5.69 Å². The SMILES string of the molecule is COc1ccc(C(=O)N(C)C[C@@H]2CCC[C@@H]2O)cc1[N+](=O)[O-]. The molecule has 0 radical (unpaired) electrons. The summed E-state index contributed by atoms with van der Waals surface area (Å²) in [6, 6.07) is 4.15. The highest BCUT2D eigenvalue weighted by atomic mass is 16.6. The highest BCUT2D eigenvalue weighted by molar-refractivity contribution is 5.95. The Morgan fingerprint density at radius 3 is 2.77 bits per heavy atom. The maximum atomic E-state index is 12.4. The molecule has 1 aliphatic rings. The summed E-state index contributed by atoms with van der Waals surface area (Å²) < 4.78 is 4.92. The number of carbonyl (C=O) groups is 1. The molecule has 0 heterocycles. The monoisotopic (exact) mass is 308 g/mol. The summed E-state index contributed by atoms with van der Waals surface area (Å²) in [5.41, 5.74) is 0.00476. The van der Waals surface area contributed by atoms with Crippen molar-refractivity contribution in [1.82, 2.24) is 4.90 Å². The summed E-state index contributed by atoms with van der Waals surface area (Å²) in [7, 11) is 2.99. The normalized spacial score (nSPS) is 20.7. The van der Waals surface area contributed by atoms with Gasteiger partial charge in [0, 0.05) is 31.1 Å². The maximum absolute atomic E-state index is 12.4. The zero-order valence-corrected chi connectivity index (χ0v) is 12.7. The molecule has 1 aromatic carbocycles. The summed E-state index contributed by atoms with van der Waals surface area (Å²) in [4.78, 5) is 24.3. The largest absolute Gasteiger partial charge is 0.490 e. The summed E-state index contributed by atoms with van der Waals surface area (Å²) >= 11 is 0. The van der Waals surface area contributed by atoms with E-state index in [1.807, 2.05) is 0 Å². The lowest BCUT2D eigenvalue weighted by molar-refractivity contribution is -0.385. The van der Waals surface area contributed by atoms with Gasteiger partial charge in [-0.05, 0) is 25.0 Å². The van der Waals surface area contributed by atoms with Crippen molar-refractivity contribution in [1.29, 1.82) is 0 Å². The molecule has 7 nitrogen and oxygen atoms in total. The van der Waals surface area contributed by atoms with E-state index >= 15 is 0 Å². The third kappa shape index (κ3) is 3.36. The number of hydrogen-bond donors (Lipinski definition) is 1. The van der Waals surface area contributed by atoms with Gasteiger partial charge in [0.1, 0.15) is 0 Å². The van der Waals surface area contributed by atoms with Crippen LogP contribution in [0.15, 0.2) is 18.2 Å². The van der Waals surface area contributed by atoms with E-state index in [1.165, 1.54) is 30.2 Å². The van der Waals surface area contributed by atoms with Crippen molar-refractivity contribution in [3.05, 3.63) is 33.9 Å². The van der Waals surface area contributed by atoms with Crippen LogP contribution in [0.3, 0.4) is 0 Å². The van der Waals surface area contributed by atoms with Crippen LogP contribution >= 0.6 is 0 Å². The van der Waals surface area contributed by atoms with Gasteiger partial charge < -0.3 is 14.7 Å². The lowest BCUT2D eigenvalue weighted by atomic mass is 10.0. The maximum Gasteiger partial charge on any atom is 0.311 e. The molecule has 2 rings (SSSR count). The van der Waals surface area contributed by atoms with Gasteiger partial charge in [-0.25, -0.2) is 0 Å². The molecule has 22 heavy (non-hydrogen) atoms. The van der Waals surface area contributed by atoms with E-state index in [1.54, 1.807) is 7.05 Å². The first-order valence-corrected chi connectivity index (χ1v) is 7.20. The average molecular weight is 308 g/mol. The second-order valence-electron chi connectivity index (χ2n) is 5.59. The standard InChI is InChI=1S/C15H20N2O5/c1-16(9-11-4-3-5-13(11)18)15(19)10-6-7-14(22-2)12(8-10)17(20)21/h6-8,11,13,18H,3-5,9H2,1-2H3/t11-,13-/m0/s1. The van der Waals surface area contributed by atoms with Gasteiger partial charge in [0.05, 0.1) is 18.1 Å². The molecule has 1 amide bonds. The number of amides is 1. The zero-order chi connectivity index (χ0) is 16.3. The Morgan fingerprint density at radius 1 is 1.50 bits per heavy atom. The van der Waals surface area contributed by atoms with Crippen molar-refractivity contribution in [2.24, 2.45) is 5.92 Å². The van der Waals surface area contributed by atoms with Gasteiger partial charge >= 0.3 is 5.69 Å². The number of methoxy groups -OCH3 is 1. The van der Waals surface area contributed by atoms with E-state index in [9.17, 15) is 20.0 Å². The first kappa shape index (κ1) is 16.2. The Hall–Kier alpha value is -2.15. The van der Waals surface area contributed by atoms with Crippen LogP contribution in [0, 0.1) is 16.0 Å². The van der Waals surface area contributed by atoms with Gasteiger partial charge in [0.25, 0.3) is 5.91 Å². The molecule has 120 valence electrons. The number of hydrogen-bond acceptors (Lipinski definition) is 5. The Morgan fingerprint density at radius 2 is 2.23 bits per heavy atom. The fourth-order valence-electron chi connectivity index (χ4n) is 2.85. The van der Waals surface area contributed by atoms with Crippen molar-refractivity contribution >= 4 is 11.6 Å². The molecule has 0 saturated heterocycles. The van der Waals surface area contributed by atoms with E-state index in [-0.39, 0.29) is 34.9 Å². The van der Waals surface area contributed by atoms with Crippen LogP contribution < -0.4 is 4.74 Å². The van der Waals surface area contributed by atoms with Crippen LogP contribution in [-0.2, 0) is 0 Å². The number of nitro groups is 1. The van der Waals surface area contributed by atoms with E-state index in [2.05, 4.69) is 0 Å². The summed E-state index contributed by atoms with van der Waals surface area (Å²) in [5, 5.41) is 20.8. The van der Waals surface area contributed by atoms with E-state index in [4.69, 9.17) is 4.74 Å². The van der Waals surface area contributed by atoms with Crippen LogP contribution in [0.1, 0.15) is 29.6 Å². The lowest BCUT2D eigenvalue weighted by Crippen LogP contribution is -2.34. The summed E-state index contributed by atoms with van der Waals surface area (Å²) in [6.07, 6.45) is 2.24. The summed E-state index contributed by atoms with van der Waals surface area (Å²) in [6.45, 7) is 0.444. The Kier molecular flexibility index (Phi) is 4.97. The molecule has 1 aliphatic carbocycles.